The Morgan fingerprint density at radius 2 is 0.730 bits per heavy atom. The molecule has 2 aromatic rings. The summed E-state index contributed by atoms with van der Waals surface area (Å²) in [4.78, 5) is 47.0. The molecule has 4 aliphatic rings. The minimum atomic E-state index is -4.04. The Balaban J connectivity index is 0.000000384. The summed E-state index contributed by atoms with van der Waals surface area (Å²) in [6.07, 6.45) is 3.02. The second-order valence-electron chi connectivity index (χ2n) is 29.6. The zero-order valence-electron chi connectivity index (χ0n) is 64.1. The number of nitrogens with two attached hydrogens (primary N) is 8. The molecule has 12 atom stereocenters. The maximum atomic E-state index is 13.2. The fraction of sp³-hybridized carbons (Fsp3) is 0.746. The summed E-state index contributed by atoms with van der Waals surface area (Å²) in [6.45, 7) is 10.2. The average Bonchev–Trinajstić information content (AvgIpc) is 1.64. The van der Waals surface area contributed by atoms with Crippen LogP contribution in [0.25, 0.3) is 0 Å². The summed E-state index contributed by atoms with van der Waals surface area (Å²) in [5.74, 6) is -7.69. The monoisotopic (exact) mass is 1660 g/mol. The number of carboxylic acid groups (broad SMARTS) is 4. The van der Waals surface area contributed by atoms with E-state index >= 15 is 0 Å². The topological polar surface area (TPSA) is 699 Å². The molecule has 2 aromatic carbocycles. The van der Waals surface area contributed by atoms with Crippen molar-refractivity contribution in [1.29, 1.82) is 0 Å². The Kier molecular flexibility index (Phi) is 40.5. The molecule has 40 nitrogen and oxygen atoms in total. The molecule has 0 saturated carbocycles. The summed E-state index contributed by atoms with van der Waals surface area (Å²) in [7, 11) is -21.9. The fourth-order valence-corrected chi connectivity index (χ4v) is 21.4. The predicted molar refractivity (Wildman–Crippen MR) is 419 cm³/mol. The standard InChI is InChI=1S/C17H29BN4O6S.C16H27BN4O6S.2C15H33BN4O6S/c19-10-15(9-13-5-2-1-3-6-13)21-29(27,28)22-11-14(7-4-8-18(25)26)17(20,12-22)16(23)24;18-9-14(12-5-2-1-3-6-12)20-28(26,27)21-10-13(7-4-8-17(24)25)16(19,11-21)15(22)23;2*1-4-20(13(8-17)11(2)3)27(25,26)19-9-12(6-5-7-16(23)24)15(18,10-19)14(21)22/h1-3,5-6,14-15,21,25-26H,4,7-12,19-20H2,(H,23,24);1-3,5-6,13-14,20,24-25H,4,7-11,18-19H2,(H,22,23);2*11-13,23-24H,4-10,17-18H2,1-3H3,(H,21,22)/t14-,15-,17-;13-,14+,16-;12-,13+,15-;12-,13-,15-/m0000/s1. The molecular weight excluding hydrogens is 1540 g/mol. The van der Waals surface area contributed by atoms with Gasteiger partial charge in [-0.1, -0.05) is 128 Å². The number of nitrogens with zero attached hydrogens (tertiary/aromatic N) is 6. The quantitative estimate of drug-likeness (QED) is 0.0275. The number of nitrogens with one attached hydrogen (secondary N) is 2. The summed E-state index contributed by atoms with van der Waals surface area (Å²) in [6, 6.07) is 16.1. The van der Waals surface area contributed by atoms with E-state index in [1.165, 1.54) is 8.61 Å². The first-order valence-corrected chi connectivity index (χ1v) is 42.7. The van der Waals surface area contributed by atoms with Crippen LogP contribution in [-0.4, -0.2) is 304 Å². The van der Waals surface area contributed by atoms with E-state index in [1.807, 2.05) is 58.0 Å². The summed E-state index contributed by atoms with van der Waals surface area (Å²) in [5, 5.41) is 110. The van der Waals surface area contributed by atoms with Gasteiger partial charge >= 0.3 is 52.4 Å². The van der Waals surface area contributed by atoms with Crippen LogP contribution in [0.4, 0.5) is 0 Å². The molecule has 0 bridgehead atoms. The number of likely N-dealkylation sites (N-methyl/N-ethyl adjacent to an activating group) is 2. The summed E-state index contributed by atoms with van der Waals surface area (Å²) >= 11 is 0. The Hall–Kier alpha value is -4.58. The van der Waals surface area contributed by atoms with Gasteiger partial charge in [0.1, 0.15) is 22.2 Å². The minimum Gasteiger partial charge on any atom is -0.480 e. The van der Waals surface area contributed by atoms with Crippen LogP contribution in [0.3, 0.4) is 0 Å². The lowest BCUT2D eigenvalue weighted by molar-refractivity contribution is -0.145. The van der Waals surface area contributed by atoms with E-state index in [-0.39, 0.29) is 154 Å². The van der Waals surface area contributed by atoms with Crippen LogP contribution in [0.5, 0.6) is 0 Å². The number of carbonyl (C=O) groups is 4. The van der Waals surface area contributed by atoms with Crippen LogP contribution < -0.4 is 55.3 Å². The van der Waals surface area contributed by atoms with Crippen molar-refractivity contribution in [2.45, 2.75) is 171 Å². The average molecular weight is 1660 g/mol. The molecule has 4 aliphatic heterocycles. The number of aliphatic carboxylic acids is 4. The summed E-state index contributed by atoms with van der Waals surface area (Å²) < 4.78 is 116. The first-order chi connectivity index (χ1) is 51.5. The third-order valence-electron chi connectivity index (χ3n) is 21.0. The Labute approximate surface area is 654 Å². The molecule has 4 saturated heterocycles. The van der Waals surface area contributed by atoms with Crippen LogP contribution >= 0.6 is 0 Å². The molecule has 6 rings (SSSR count). The Bertz CT molecular complexity index is 3590. The van der Waals surface area contributed by atoms with Gasteiger partial charge in [0.15, 0.2) is 0 Å². The van der Waals surface area contributed by atoms with Gasteiger partial charge in [0.2, 0.25) is 0 Å². The van der Waals surface area contributed by atoms with Gasteiger partial charge in [-0.05, 0) is 80.3 Å². The molecule has 30 N–H and O–H groups in total. The third-order valence-corrected chi connectivity index (χ3v) is 28.2. The molecule has 634 valence electrons. The molecule has 48 heteroatoms. The molecular formula is C63H122B4N16O24S4. The van der Waals surface area contributed by atoms with Crippen LogP contribution in [0, 0.1) is 35.5 Å². The van der Waals surface area contributed by atoms with Gasteiger partial charge in [-0.2, -0.15) is 68.9 Å². The number of rotatable bonds is 43. The lowest BCUT2D eigenvalue weighted by Gasteiger charge is -2.34. The molecule has 0 unspecified atom stereocenters. The van der Waals surface area contributed by atoms with Crippen molar-refractivity contribution in [1.82, 2.24) is 35.3 Å². The van der Waals surface area contributed by atoms with E-state index in [2.05, 4.69) is 9.44 Å². The maximum Gasteiger partial charge on any atom is 0.451 e. The largest absolute Gasteiger partial charge is 0.480 e. The first kappa shape index (κ1) is 101. The SMILES string of the molecule is CCN([C@@H](CN)C(C)C)S(=O)(=O)N1C[C@H](CCCB(O)O)[C@](N)(C(=O)O)C1.CCN([C@H](CN)C(C)C)S(=O)(=O)N1C[C@H](CCCB(O)O)[C@](N)(C(=O)O)C1.NC[C@@H](NS(=O)(=O)N1C[C@H](CCCB(O)O)[C@](N)(C(=O)O)C1)c1ccccc1.NC[C@H](Cc1ccccc1)NS(=O)(=O)N1C[C@H](CCCB(O)O)[C@](N)(C(=O)O)C1. The van der Waals surface area contributed by atoms with E-state index in [0.717, 1.165) is 22.8 Å². The Morgan fingerprint density at radius 1 is 0.450 bits per heavy atom. The zero-order chi connectivity index (χ0) is 84.6. The number of carboxylic acids is 4. The molecule has 111 heavy (non-hydrogen) atoms. The van der Waals surface area contributed by atoms with Crippen molar-refractivity contribution in [2.75, 3.05) is 91.6 Å². The van der Waals surface area contributed by atoms with Gasteiger partial charge in [0.05, 0.1) is 6.04 Å². The number of hydrogen-bond donors (Lipinski definition) is 22. The third kappa shape index (κ3) is 27.8. The van der Waals surface area contributed by atoms with E-state index in [0.29, 0.717) is 37.7 Å². The predicted octanol–water partition coefficient (Wildman–Crippen LogP) is -6.15. The van der Waals surface area contributed by atoms with Gasteiger partial charge in [0, 0.05) is 133 Å². The molecule has 0 spiro atoms. The highest BCUT2D eigenvalue weighted by Gasteiger charge is 2.57. The van der Waals surface area contributed by atoms with E-state index in [4.69, 9.17) is 86.1 Å². The van der Waals surface area contributed by atoms with Crippen LogP contribution in [-0.2, 0) is 66.4 Å². The van der Waals surface area contributed by atoms with Gasteiger partial charge in [0.25, 0.3) is 40.8 Å². The highest BCUT2D eigenvalue weighted by atomic mass is 32.2. The van der Waals surface area contributed by atoms with Crippen molar-refractivity contribution in [2.24, 2.45) is 81.4 Å². The van der Waals surface area contributed by atoms with Gasteiger partial charge in [-0.3, -0.25) is 19.2 Å². The van der Waals surface area contributed by atoms with Crippen LogP contribution in [0.15, 0.2) is 60.7 Å². The molecule has 0 aromatic heterocycles. The molecule has 0 amide bonds. The van der Waals surface area contributed by atoms with Crippen molar-refractivity contribution < 1.29 is 113 Å². The van der Waals surface area contributed by atoms with E-state index in [1.54, 1.807) is 44.2 Å². The van der Waals surface area contributed by atoms with Crippen molar-refractivity contribution >= 4 is 93.2 Å². The lowest BCUT2D eigenvalue weighted by Crippen LogP contribution is -2.56. The van der Waals surface area contributed by atoms with Gasteiger partial charge < -0.3 is 106 Å². The second-order valence-corrected chi connectivity index (χ2v) is 36.7. The highest BCUT2D eigenvalue weighted by Crippen LogP contribution is 2.38. The fourth-order valence-electron chi connectivity index (χ4n) is 14.3. The summed E-state index contributed by atoms with van der Waals surface area (Å²) in [5.41, 5.74) is 42.0. The van der Waals surface area contributed by atoms with E-state index in [9.17, 15) is 73.3 Å². The Morgan fingerprint density at radius 3 is 0.982 bits per heavy atom. The highest BCUT2D eigenvalue weighted by molar-refractivity contribution is 7.87. The van der Waals surface area contributed by atoms with E-state index < -0.39 is 163 Å². The molecule has 0 radical (unpaired) electrons. The maximum absolute atomic E-state index is 13.2. The molecule has 0 aliphatic carbocycles. The van der Waals surface area contributed by atoms with Gasteiger partial charge in [-0.15, -0.1) is 0 Å². The second kappa shape index (κ2) is 44.7. The molecule has 4 fully saturated rings. The van der Waals surface area contributed by atoms with Crippen molar-refractivity contribution in [3.05, 3.63) is 71.8 Å². The van der Waals surface area contributed by atoms with Crippen LogP contribution in [0.2, 0.25) is 25.3 Å². The van der Waals surface area contributed by atoms with Crippen LogP contribution in [0.1, 0.15) is 110 Å². The van der Waals surface area contributed by atoms with Crippen molar-refractivity contribution in [3.63, 3.8) is 0 Å². The first-order valence-electron chi connectivity index (χ1n) is 37.0. The smallest absolute Gasteiger partial charge is 0.451 e. The minimum absolute atomic E-state index is 0.00345. The number of benzene rings is 2. The lowest BCUT2D eigenvalue weighted by atomic mass is 9.78. The van der Waals surface area contributed by atoms with Crippen molar-refractivity contribution in [3.8, 4) is 0 Å². The van der Waals surface area contributed by atoms with Gasteiger partial charge in [-0.25, -0.2) is 0 Å². The normalized spacial score (nSPS) is 24.6. The molecule has 4 heterocycles. The zero-order valence-corrected chi connectivity index (χ0v) is 67.4. The number of hydrogen-bond acceptors (Lipinski definition) is 28.